The molecule has 0 fully saturated rings. The topological polar surface area (TPSA) is 41.9 Å². The van der Waals surface area contributed by atoms with Gasteiger partial charge in [0.2, 0.25) is 0 Å². The second-order valence-electron chi connectivity index (χ2n) is 5.54. The number of nitrogens with zero attached hydrogens (tertiary/aromatic N) is 2. The Hall–Kier alpha value is -2.47. The number of rotatable bonds is 5. The number of halogens is 1. The van der Waals surface area contributed by atoms with Gasteiger partial charge >= 0.3 is 0 Å². The first kappa shape index (κ1) is 16.4. The number of imidazole rings is 1. The van der Waals surface area contributed by atoms with Crippen LogP contribution in [0.5, 0.6) is 0 Å². The van der Waals surface area contributed by atoms with Gasteiger partial charge < -0.3 is 15.2 Å². The van der Waals surface area contributed by atoms with Crippen molar-refractivity contribution >= 4 is 28.4 Å². The van der Waals surface area contributed by atoms with E-state index >= 15 is 0 Å². The Labute approximate surface area is 145 Å². The van der Waals surface area contributed by atoms with Gasteiger partial charge in [0, 0.05) is 19.6 Å². The molecule has 2 aromatic carbocycles. The third-order valence-electron chi connectivity index (χ3n) is 3.83. The van der Waals surface area contributed by atoms with Gasteiger partial charge in [0.15, 0.2) is 5.11 Å². The molecule has 2 N–H and O–H groups in total. The standard InChI is InChI=1S/C18H19FN4S/c1-13-22-16-4-2-3-5-17(16)23(13)11-10-20-18(24)21-12-14-6-8-15(19)9-7-14/h2-9H,10-12H2,1H3,(H2,20,21,24). The van der Waals surface area contributed by atoms with Crippen molar-refractivity contribution < 1.29 is 4.39 Å². The van der Waals surface area contributed by atoms with Crippen LogP contribution >= 0.6 is 12.2 Å². The number of nitrogens with one attached hydrogen (secondary N) is 2. The SMILES string of the molecule is Cc1nc2ccccc2n1CCNC(=S)NCc1ccc(F)cc1. The molecule has 4 nitrogen and oxygen atoms in total. The van der Waals surface area contributed by atoms with Crippen LogP contribution in [0.2, 0.25) is 0 Å². The molecule has 0 radical (unpaired) electrons. The predicted molar refractivity (Wildman–Crippen MR) is 98.3 cm³/mol. The van der Waals surface area contributed by atoms with Gasteiger partial charge in [0.1, 0.15) is 11.6 Å². The van der Waals surface area contributed by atoms with E-state index in [1.165, 1.54) is 12.1 Å². The summed E-state index contributed by atoms with van der Waals surface area (Å²) in [5.74, 6) is 0.755. The summed E-state index contributed by atoms with van der Waals surface area (Å²) in [4.78, 5) is 4.55. The van der Waals surface area contributed by atoms with E-state index in [0.29, 0.717) is 18.2 Å². The van der Waals surface area contributed by atoms with Crippen LogP contribution in [-0.4, -0.2) is 21.2 Å². The van der Waals surface area contributed by atoms with E-state index in [1.807, 2.05) is 25.1 Å². The lowest BCUT2D eigenvalue weighted by molar-refractivity contribution is 0.626. The van der Waals surface area contributed by atoms with Gasteiger partial charge in [0.05, 0.1) is 11.0 Å². The molecular formula is C18H19FN4S. The molecule has 0 bridgehead atoms. The Balaban J connectivity index is 1.49. The normalized spacial score (nSPS) is 10.8. The van der Waals surface area contributed by atoms with Crippen LogP contribution in [0.15, 0.2) is 48.5 Å². The van der Waals surface area contributed by atoms with E-state index in [4.69, 9.17) is 12.2 Å². The molecule has 0 saturated heterocycles. The highest BCUT2D eigenvalue weighted by Crippen LogP contribution is 2.14. The monoisotopic (exact) mass is 342 g/mol. The maximum Gasteiger partial charge on any atom is 0.166 e. The molecule has 124 valence electrons. The highest BCUT2D eigenvalue weighted by molar-refractivity contribution is 7.80. The summed E-state index contributed by atoms with van der Waals surface area (Å²) < 4.78 is 15.0. The Bertz CT molecular complexity index is 842. The highest BCUT2D eigenvalue weighted by Gasteiger charge is 2.06. The first-order chi connectivity index (χ1) is 11.6. The minimum atomic E-state index is -0.234. The van der Waals surface area contributed by atoms with Crippen molar-refractivity contribution in [2.75, 3.05) is 6.54 Å². The predicted octanol–water partition coefficient (Wildman–Crippen LogP) is 3.15. The average Bonchev–Trinajstić information content (AvgIpc) is 2.90. The Morgan fingerprint density at radius 1 is 1.12 bits per heavy atom. The van der Waals surface area contributed by atoms with E-state index in [9.17, 15) is 4.39 Å². The molecule has 0 spiro atoms. The zero-order chi connectivity index (χ0) is 16.9. The summed E-state index contributed by atoms with van der Waals surface area (Å²) >= 11 is 5.28. The summed E-state index contributed by atoms with van der Waals surface area (Å²) in [6.45, 7) is 4.06. The number of benzene rings is 2. The van der Waals surface area contributed by atoms with Gasteiger partial charge in [-0.2, -0.15) is 0 Å². The zero-order valence-corrected chi connectivity index (χ0v) is 14.2. The number of hydrogen-bond acceptors (Lipinski definition) is 2. The smallest absolute Gasteiger partial charge is 0.166 e. The van der Waals surface area contributed by atoms with Crippen LogP contribution in [0.25, 0.3) is 11.0 Å². The van der Waals surface area contributed by atoms with Crippen LogP contribution in [0.4, 0.5) is 4.39 Å². The number of fused-ring (bicyclic) bond motifs is 1. The second-order valence-corrected chi connectivity index (χ2v) is 5.94. The summed E-state index contributed by atoms with van der Waals surface area (Å²) in [6, 6.07) is 14.5. The minimum Gasteiger partial charge on any atom is -0.361 e. The summed E-state index contributed by atoms with van der Waals surface area (Å²) in [5, 5.41) is 6.90. The van der Waals surface area contributed by atoms with E-state index in [0.717, 1.165) is 29.0 Å². The molecule has 1 heterocycles. The molecule has 0 atom stereocenters. The fraction of sp³-hybridized carbons (Fsp3) is 0.222. The van der Waals surface area contributed by atoms with Crippen molar-refractivity contribution in [3.63, 3.8) is 0 Å². The van der Waals surface area contributed by atoms with Gasteiger partial charge in [-0.05, 0) is 49.0 Å². The Kier molecular flexibility index (Phi) is 5.05. The first-order valence-corrected chi connectivity index (χ1v) is 8.22. The van der Waals surface area contributed by atoms with Crippen LogP contribution in [0.3, 0.4) is 0 Å². The summed E-state index contributed by atoms with van der Waals surface area (Å²) in [5.41, 5.74) is 3.12. The molecule has 0 aliphatic rings. The number of aromatic nitrogens is 2. The molecule has 1 aromatic heterocycles. The lowest BCUT2D eigenvalue weighted by atomic mass is 10.2. The number of para-hydroxylation sites is 2. The maximum absolute atomic E-state index is 12.9. The lowest BCUT2D eigenvalue weighted by Crippen LogP contribution is -2.36. The van der Waals surface area contributed by atoms with Crippen LogP contribution in [-0.2, 0) is 13.1 Å². The molecule has 0 unspecified atom stereocenters. The Morgan fingerprint density at radius 2 is 1.88 bits per heavy atom. The summed E-state index contributed by atoms with van der Waals surface area (Å²) in [6.07, 6.45) is 0. The van der Waals surface area contributed by atoms with Crippen LogP contribution in [0, 0.1) is 12.7 Å². The maximum atomic E-state index is 12.9. The molecular weight excluding hydrogens is 323 g/mol. The summed E-state index contributed by atoms with van der Waals surface area (Å²) in [7, 11) is 0. The van der Waals surface area contributed by atoms with E-state index in [-0.39, 0.29) is 5.82 Å². The fourth-order valence-corrected chi connectivity index (χ4v) is 2.78. The molecule has 0 aliphatic heterocycles. The zero-order valence-electron chi connectivity index (χ0n) is 13.4. The third-order valence-corrected chi connectivity index (χ3v) is 4.12. The van der Waals surface area contributed by atoms with Crippen molar-refractivity contribution in [3.8, 4) is 0 Å². The molecule has 6 heteroatoms. The van der Waals surface area contributed by atoms with Gasteiger partial charge in [-0.3, -0.25) is 0 Å². The van der Waals surface area contributed by atoms with Crippen LogP contribution in [0.1, 0.15) is 11.4 Å². The van der Waals surface area contributed by atoms with Crippen molar-refractivity contribution in [2.45, 2.75) is 20.0 Å². The van der Waals surface area contributed by atoms with Crippen molar-refractivity contribution in [1.29, 1.82) is 0 Å². The van der Waals surface area contributed by atoms with Crippen molar-refractivity contribution in [3.05, 3.63) is 65.7 Å². The largest absolute Gasteiger partial charge is 0.361 e. The number of hydrogen-bond donors (Lipinski definition) is 2. The van der Waals surface area contributed by atoms with Gasteiger partial charge in [0.25, 0.3) is 0 Å². The second kappa shape index (κ2) is 7.40. The molecule has 0 aliphatic carbocycles. The van der Waals surface area contributed by atoms with E-state index in [1.54, 1.807) is 12.1 Å². The molecule has 24 heavy (non-hydrogen) atoms. The van der Waals surface area contributed by atoms with E-state index in [2.05, 4.69) is 26.3 Å². The first-order valence-electron chi connectivity index (χ1n) is 7.81. The number of aryl methyl sites for hydroxylation is 1. The van der Waals surface area contributed by atoms with Gasteiger partial charge in [-0.15, -0.1) is 0 Å². The van der Waals surface area contributed by atoms with Crippen molar-refractivity contribution in [1.82, 2.24) is 20.2 Å². The minimum absolute atomic E-state index is 0.234. The molecule has 0 amide bonds. The van der Waals surface area contributed by atoms with Gasteiger partial charge in [-0.1, -0.05) is 24.3 Å². The molecule has 3 rings (SSSR count). The van der Waals surface area contributed by atoms with Gasteiger partial charge in [-0.25, -0.2) is 9.37 Å². The Morgan fingerprint density at radius 3 is 2.67 bits per heavy atom. The average molecular weight is 342 g/mol. The van der Waals surface area contributed by atoms with Crippen molar-refractivity contribution in [2.24, 2.45) is 0 Å². The highest BCUT2D eigenvalue weighted by atomic mass is 32.1. The lowest BCUT2D eigenvalue weighted by Gasteiger charge is -2.12. The molecule has 0 saturated carbocycles. The fourth-order valence-electron chi connectivity index (χ4n) is 2.61. The van der Waals surface area contributed by atoms with Crippen LogP contribution < -0.4 is 10.6 Å². The van der Waals surface area contributed by atoms with E-state index < -0.39 is 0 Å². The quantitative estimate of drug-likeness (QED) is 0.699. The number of thiocarbonyl (C=S) groups is 1. The third kappa shape index (κ3) is 3.89. The molecule has 3 aromatic rings.